The Balaban J connectivity index is 2.06. The maximum Gasteiger partial charge on any atom is 0.304 e. The number of carboxylic acids is 1. The van der Waals surface area contributed by atoms with E-state index in [1.807, 2.05) is 18.2 Å². The molecule has 3 rings (SSSR count). The third-order valence-corrected chi connectivity index (χ3v) is 3.75. The summed E-state index contributed by atoms with van der Waals surface area (Å²) in [7, 11) is 0. The highest BCUT2D eigenvalue weighted by Gasteiger charge is 2.46. The molecule has 1 saturated carbocycles. The number of aromatic amines is 1. The summed E-state index contributed by atoms with van der Waals surface area (Å²) >= 11 is 5.99. The summed E-state index contributed by atoms with van der Waals surface area (Å²) in [5.74, 6) is -0.749. The van der Waals surface area contributed by atoms with Crippen molar-refractivity contribution in [2.75, 3.05) is 0 Å². The number of fused-ring (bicyclic) bond motifs is 1. The lowest BCUT2D eigenvalue weighted by atomic mass is 9.92. The average molecular weight is 251 g/mol. The molecule has 0 atom stereocenters. The summed E-state index contributed by atoms with van der Waals surface area (Å²) in [6.07, 6.45) is 2.05. The Morgan fingerprint density at radius 1 is 1.53 bits per heavy atom. The van der Waals surface area contributed by atoms with Crippen LogP contribution in [0.2, 0.25) is 5.15 Å². The maximum atomic E-state index is 10.9. The van der Waals surface area contributed by atoms with Crippen molar-refractivity contribution in [1.82, 2.24) is 10.2 Å². The van der Waals surface area contributed by atoms with Crippen LogP contribution < -0.4 is 0 Å². The monoisotopic (exact) mass is 250 g/mol. The van der Waals surface area contributed by atoms with Crippen LogP contribution in [0.15, 0.2) is 18.2 Å². The van der Waals surface area contributed by atoms with Crippen LogP contribution in [0.3, 0.4) is 0 Å². The fraction of sp³-hybridized carbons (Fsp3) is 0.333. The summed E-state index contributed by atoms with van der Waals surface area (Å²) in [5, 5.41) is 17.1. The molecular weight excluding hydrogens is 240 g/mol. The fourth-order valence-electron chi connectivity index (χ4n) is 2.32. The van der Waals surface area contributed by atoms with Gasteiger partial charge in [-0.1, -0.05) is 17.7 Å². The number of halogens is 1. The summed E-state index contributed by atoms with van der Waals surface area (Å²) < 4.78 is 0. The maximum absolute atomic E-state index is 10.9. The number of benzene rings is 1. The highest BCUT2D eigenvalue weighted by Crippen LogP contribution is 2.51. The molecule has 1 heterocycles. The van der Waals surface area contributed by atoms with Crippen molar-refractivity contribution in [1.29, 1.82) is 0 Å². The second kappa shape index (κ2) is 3.47. The molecule has 0 spiro atoms. The molecular formula is C12H11ClN2O2. The van der Waals surface area contributed by atoms with E-state index in [1.165, 1.54) is 0 Å². The number of aliphatic carboxylic acids is 1. The van der Waals surface area contributed by atoms with E-state index in [1.54, 1.807) is 0 Å². The van der Waals surface area contributed by atoms with E-state index in [9.17, 15) is 4.79 Å². The van der Waals surface area contributed by atoms with E-state index in [2.05, 4.69) is 10.2 Å². The SMILES string of the molecule is O=C(O)CC1(c2ccc3n[nH]c(Cl)c3c2)CC1. The smallest absolute Gasteiger partial charge is 0.304 e. The third kappa shape index (κ3) is 1.69. The Hall–Kier alpha value is -1.55. The number of carbonyl (C=O) groups is 1. The fourth-order valence-corrected chi connectivity index (χ4v) is 2.51. The largest absolute Gasteiger partial charge is 0.481 e. The Morgan fingerprint density at radius 2 is 2.29 bits per heavy atom. The van der Waals surface area contributed by atoms with Crippen LogP contribution >= 0.6 is 11.6 Å². The topological polar surface area (TPSA) is 66.0 Å². The summed E-state index contributed by atoms with van der Waals surface area (Å²) in [6, 6.07) is 5.79. The van der Waals surface area contributed by atoms with Crippen LogP contribution in [0, 0.1) is 0 Å². The molecule has 4 nitrogen and oxygen atoms in total. The third-order valence-electron chi connectivity index (χ3n) is 3.46. The molecule has 0 amide bonds. The van der Waals surface area contributed by atoms with Crippen LogP contribution in [0.4, 0.5) is 0 Å². The normalized spacial score (nSPS) is 17.2. The van der Waals surface area contributed by atoms with Crippen LogP contribution in [0.25, 0.3) is 10.9 Å². The van der Waals surface area contributed by atoms with Crippen molar-refractivity contribution >= 4 is 28.5 Å². The van der Waals surface area contributed by atoms with Crippen LogP contribution in [0.5, 0.6) is 0 Å². The number of aromatic nitrogens is 2. The van der Waals surface area contributed by atoms with E-state index >= 15 is 0 Å². The summed E-state index contributed by atoms with van der Waals surface area (Å²) in [6.45, 7) is 0. The van der Waals surface area contributed by atoms with E-state index in [4.69, 9.17) is 16.7 Å². The van der Waals surface area contributed by atoms with Crippen molar-refractivity contribution in [2.24, 2.45) is 0 Å². The predicted octanol–water partition coefficient (Wildman–Crippen LogP) is 2.72. The van der Waals surface area contributed by atoms with Gasteiger partial charge in [0.2, 0.25) is 0 Å². The van der Waals surface area contributed by atoms with E-state index in [0.29, 0.717) is 5.15 Å². The van der Waals surface area contributed by atoms with Gasteiger partial charge in [0.15, 0.2) is 0 Å². The minimum atomic E-state index is -0.749. The lowest BCUT2D eigenvalue weighted by Crippen LogP contribution is -2.12. The molecule has 0 radical (unpaired) electrons. The minimum absolute atomic E-state index is 0.180. The number of nitrogens with zero attached hydrogens (tertiary/aromatic N) is 1. The van der Waals surface area contributed by atoms with Gasteiger partial charge in [0, 0.05) is 10.8 Å². The Morgan fingerprint density at radius 3 is 2.94 bits per heavy atom. The number of carboxylic acid groups (broad SMARTS) is 1. The molecule has 0 saturated heterocycles. The highest BCUT2D eigenvalue weighted by molar-refractivity contribution is 6.34. The molecule has 1 aliphatic carbocycles. The van der Waals surface area contributed by atoms with Gasteiger partial charge in [-0.3, -0.25) is 9.89 Å². The summed E-state index contributed by atoms with van der Waals surface area (Å²) in [5.41, 5.74) is 1.68. The molecule has 2 aromatic rings. The Labute approximate surface area is 103 Å². The number of H-pyrrole nitrogens is 1. The molecule has 17 heavy (non-hydrogen) atoms. The molecule has 1 aromatic carbocycles. The van der Waals surface area contributed by atoms with Gasteiger partial charge in [-0.05, 0) is 30.5 Å². The summed E-state index contributed by atoms with van der Waals surface area (Å²) in [4.78, 5) is 10.9. The first-order valence-corrected chi connectivity index (χ1v) is 5.84. The van der Waals surface area contributed by atoms with Gasteiger partial charge < -0.3 is 5.11 Å². The number of nitrogens with one attached hydrogen (secondary N) is 1. The van der Waals surface area contributed by atoms with E-state index in [0.717, 1.165) is 29.3 Å². The Kier molecular flexibility index (Phi) is 2.16. The van der Waals surface area contributed by atoms with Crippen molar-refractivity contribution in [3.05, 3.63) is 28.9 Å². The molecule has 1 fully saturated rings. The molecule has 88 valence electrons. The van der Waals surface area contributed by atoms with Gasteiger partial charge in [-0.15, -0.1) is 0 Å². The minimum Gasteiger partial charge on any atom is -0.481 e. The lowest BCUT2D eigenvalue weighted by molar-refractivity contribution is -0.137. The van der Waals surface area contributed by atoms with Gasteiger partial charge in [-0.2, -0.15) is 5.10 Å². The van der Waals surface area contributed by atoms with Gasteiger partial charge >= 0.3 is 5.97 Å². The van der Waals surface area contributed by atoms with Gasteiger partial charge in [-0.25, -0.2) is 0 Å². The molecule has 0 unspecified atom stereocenters. The first-order chi connectivity index (χ1) is 8.11. The second-order valence-electron chi connectivity index (χ2n) is 4.62. The number of hydrogen-bond donors (Lipinski definition) is 2. The van der Waals surface area contributed by atoms with E-state index in [-0.39, 0.29) is 11.8 Å². The van der Waals surface area contributed by atoms with Crippen LogP contribution in [0.1, 0.15) is 24.8 Å². The van der Waals surface area contributed by atoms with Crippen LogP contribution in [-0.2, 0) is 10.2 Å². The molecule has 0 bridgehead atoms. The standard InChI is InChI=1S/C12H11ClN2O2/c13-11-8-5-7(1-2-9(8)14-15-11)12(3-4-12)6-10(16)17/h1-2,5H,3-4,6H2,(H,14,15)(H,16,17). The number of hydrogen-bond acceptors (Lipinski definition) is 2. The zero-order chi connectivity index (χ0) is 12.0. The molecule has 5 heteroatoms. The number of rotatable bonds is 3. The average Bonchev–Trinajstić information content (AvgIpc) is 2.97. The Bertz CT molecular complexity index is 602. The van der Waals surface area contributed by atoms with Crippen LogP contribution in [-0.4, -0.2) is 21.3 Å². The first-order valence-electron chi connectivity index (χ1n) is 5.47. The molecule has 0 aliphatic heterocycles. The molecule has 1 aliphatic rings. The highest BCUT2D eigenvalue weighted by atomic mass is 35.5. The molecule has 2 N–H and O–H groups in total. The quantitative estimate of drug-likeness (QED) is 0.880. The van der Waals surface area contributed by atoms with Gasteiger partial charge in [0.1, 0.15) is 5.15 Å². The van der Waals surface area contributed by atoms with Crippen molar-refractivity contribution in [3.63, 3.8) is 0 Å². The second-order valence-corrected chi connectivity index (χ2v) is 5.00. The van der Waals surface area contributed by atoms with Crippen molar-refractivity contribution in [3.8, 4) is 0 Å². The van der Waals surface area contributed by atoms with Crippen molar-refractivity contribution < 1.29 is 9.90 Å². The van der Waals surface area contributed by atoms with Gasteiger partial charge in [0.05, 0.1) is 11.9 Å². The van der Waals surface area contributed by atoms with Crippen molar-refractivity contribution in [2.45, 2.75) is 24.7 Å². The van der Waals surface area contributed by atoms with Gasteiger partial charge in [0.25, 0.3) is 0 Å². The lowest BCUT2D eigenvalue weighted by Gasteiger charge is -2.12. The zero-order valence-electron chi connectivity index (χ0n) is 9.03. The predicted molar refractivity (Wildman–Crippen MR) is 64.3 cm³/mol. The zero-order valence-corrected chi connectivity index (χ0v) is 9.79. The first kappa shape index (κ1) is 10.6. The molecule has 1 aromatic heterocycles. The van der Waals surface area contributed by atoms with E-state index < -0.39 is 5.97 Å².